The molecule has 3 rings (SSSR count). The van der Waals surface area contributed by atoms with Gasteiger partial charge in [0, 0.05) is 18.5 Å². The van der Waals surface area contributed by atoms with E-state index in [4.69, 9.17) is 20.8 Å². The molecular weight excluding hydrogens is 290 g/mol. The number of morpholine rings is 1. The number of fused-ring (bicyclic) bond motifs is 1. The Morgan fingerprint density at radius 3 is 2.95 bits per heavy atom. The quantitative estimate of drug-likeness (QED) is 0.800. The first-order chi connectivity index (χ1) is 10.00. The summed E-state index contributed by atoms with van der Waals surface area (Å²) in [5.41, 5.74) is 0.923. The fourth-order valence-corrected chi connectivity index (χ4v) is 3.01. The summed E-state index contributed by atoms with van der Waals surface area (Å²) in [6.07, 6.45) is 1.39. The second-order valence-corrected chi connectivity index (χ2v) is 6.29. The van der Waals surface area contributed by atoms with Gasteiger partial charge in [-0.2, -0.15) is 0 Å². The van der Waals surface area contributed by atoms with Crippen LogP contribution in [0.4, 0.5) is 0 Å². The Hall–Kier alpha value is -1.52. The Labute approximate surface area is 128 Å². The molecule has 5 heteroatoms. The van der Waals surface area contributed by atoms with Crippen LogP contribution in [-0.2, 0) is 4.74 Å². The number of amides is 1. The van der Waals surface area contributed by atoms with Crippen LogP contribution in [0.1, 0.15) is 24.2 Å². The van der Waals surface area contributed by atoms with Gasteiger partial charge in [0.1, 0.15) is 11.8 Å². The van der Waals surface area contributed by atoms with E-state index in [0.717, 1.165) is 11.0 Å². The predicted octanol–water partition coefficient (Wildman–Crippen LogP) is 3.29. The minimum absolute atomic E-state index is 0.0357. The lowest BCUT2D eigenvalue weighted by Crippen LogP contribution is -2.55. The minimum Gasteiger partial charge on any atom is -0.463 e. The van der Waals surface area contributed by atoms with Gasteiger partial charge in [-0.1, -0.05) is 18.2 Å². The van der Waals surface area contributed by atoms with Gasteiger partial charge < -0.3 is 14.1 Å². The summed E-state index contributed by atoms with van der Waals surface area (Å²) in [6.45, 7) is 4.99. The van der Waals surface area contributed by atoms with Crippen LogP contribution in [0.15, 0.2) is 34.9 Å². The summed E-state index contributed by atoms with van der Waals surface area (Å²) in [5, 5.41) is 0.842. The van der Waals surface area contributed by atoms with Crippen molar-refractivity contribution in [1.29, 1.82) is 0 Å². The van der Waals surface area contributed by atoms with Crippen LogP contribution in [0.3, 0.4) is 0 Å². The van der Waals surface area contributed by atoms with Crippen LogP contribution in [0.5, 0.6) is 0 Å². The van der Waals surface area contributed by atoms with Crippen LogP contribution in [0.2, 0.25) is 0 Å². The third-order valence-corrected chi connectivity index (χ3v) is 4.00. The molecule has 1 aliphatic rings. The highest BCUT2D eigenvalue weighted by Crippen LogP contribution is 2.26. The fourth-order valence-electron chi connectivity index (χ4n) is 2.84. The minimum atomic E-state index is -0.396. The molecule has 0 aliphatic carbocycles. The number of para-hydroxylation sites is 1. The normalized spacial score (nSPS) is 21.7. The zero-order valence-corrected chi connectivity index (χ0v) is 12.9. The maximum atomic E-state index is 12.8. The number of benzene rings is 1. The average molecular weight is 308 g/mol. The van der Waals surface area contributed by atoms with E-state index in [-0.39, 0.29) is 12.0 Å². The summed E-state index contributed by atoms with van der Waals surface area (Å²) in [6, 6.07) is 7.55. The number of hydrogen-bond donors (Lipinski definition) is 0. The molecule has 0 saturated carbocycles. The molecule has 0 spiro atoms. The van der Waals surface area contributed by atoms with Crippen molar-refractivity contribution in [1.82, 2.24) is 4.90 Å². The Balaban J connectivity index is 1.90. The number of hydrogen-bond acceptors (Lipinski definition) is 3. The molecule has 1 aromatic carbocycles. The van der Waals surface area contributed by atoms with E-state index < -0.39 is 5.60 Å². The summed E-state index contributed by atoms with van der Waals surface area (Å²) in [4.78, 5) is 14.6. The van der Waals surface area contributed by atoms with Gasteiger partial charge in [0.15, 0.2) is 0 Å². The molecule has 0 N–H and O–H groups in total. The number of furan rings is 1. The summed E-state index contributed by atoms with van der Waals surface area (Å²) >= 11 is 5.92. The first-order valence-electron chi connectivity index (χ1n) is 6.99. The van der Waals surface area contributed by atoms with E-state index in [1.165, 1.54) is 6.26 Å². The molecule has 1 aromatic heterocycles. The number of nitrogens with zero attached hydrogens (tertiary/aromatic N) is 1. The highest BCUT2D eigenvalue weighted by atomic mass is 35.5. The maximum absolute atomic E-state index is 12.8. The van der Waals surface area contributed by atoms with E-state index in [0.29, 0.717) is 24.5 Å². The molecule has 2 aromatic rings. The molecule has 112 valence electrons. The molecule has 1 aliphatic heterocycles. The third-order valence-electron chi connectivity index (χ3n) is 3.65. The molecule has 1 saturated heterocycles. The fraction of sp³-hybridized carbons (Fsp3) is 0.438. The van der Waals surface area contributed by atoms with Gasteiger partial charge in [-0.05, 0) is 19.9 Å². The van der Waals surface area contributed by atoms with E-state index >= 15 is 0 Å². The Morgan fingerprint density at radius 1 is 1.43 bits per heavy atom. The Bertz CT molecular complexity index is 664. The Morgan fingerprint density at radius 2 is 2.19 bits per heavy atom. The van der Waals surface area contributed by atoms with Crippen molar-refractivity contribution in [3.05, 3.63) is 36.1 Å². The van der Waals surface area contributed by atoms with Crippen LogP contribution < -0.4 is 0 Å². The van der Waals surface area contributed by atoms with Crippen molar-refractivity contribution < 1.29 is 13.9 Å². The van der Waals surface area contributed by atoms with Gasteiger partial charge in [0.2, 0.25) is 0 Å². The number of carbonyl (C=O) groups excluding carboxylic acids is 1. The summed E-state index contributed by atoms with van der Waals surface area (Å²) in [5.74, 6) is 0.339. The maximum Gasteiger partial charge on any atom is 0.257 e. The third kappa shape index (κ3) is 2.78. The molecular formula is C16H18ClNO3. The van der Waals surface area contributed by atoms with Gasteiger partial charge in [-0.15, -0.1) is 11.6 Å². The van der Waals surface area contributed by atoms with Gasteiger partial charge in [-0.3, -0.25) is 4.79 Å². The van der Waals surface area contributed by atoms with Crippen molar-refractivity contribution in [2.24, 2.45) is 0 Å². The zero-order chi connectivity index (χ0) is 15.0. The first-order valence-corrected chi connectivity index (χ1v) is 7.53. The average Bonchev–Trinajstić information content (AvgIpc) is 2.88. The lowest BCUT2D eigenvalue weighted by Gasteiger charge is -2.42. The van der Waals surface area contributed by atoms with Crippen LogP contribution in [0.25, 0.3) is 11.0 Å². The van der Waals surface area contributed by atoms with Crippen molar-refractivity contribution in [2.45, 2.75) is 25.6 Å². The van der Waals surface area contributed by atoms with Gasteiger partial charge in [0.25, 0.3) is 5.91 Å². The van der Waals surface area contributed by atoms with E-state index in [1.807, 2.05) is 38.1 Å². The number of halogens is 1. The van der Waals surface area contributed by atoms with Crippen LogP contribution >= 0.6 is 11.6 Å². The topological polar surface area (TPSA) is 42.7 Å². The van der Waals surface area contributed by atoms with Crippen molar-refractivity contribution in [3.63, 3.8) is 0 Å². The van der Waals surface area contributed by atoms with Crippen molar-refractivity contribution in [2.75, 3.05) is 19.0 Å². The Kier molecular flexibility index (Phi) is 3.68. The lowest BCUT2D eigenvalue weighted by atomic mass is 10.0. The molecule has 1 fully saturated rings. The zero-order valence-electron chi connectivity index (χ0n) is 12.1. The molecule has 4 nitrogen and oxygen atoms in total. The summed E-state index contributed by atoms with van der Waals surface area (Å²) in [7, 11) is 0. The van der Waals surface area contributed by atoms with Crippen molar-refractivity contribution >= 4 is 28.5 Å². The van der Waals surface area contributed by atoms with E-state index in [9.17, 15) is 4.79 Å². The second-order valence-electron chi connectivity index (χ2n) is 5.99. The van der Waals surface area contributed by atoms with Crippen molar-refractivity contribution in [3.8, 4) is 0 Å². The van der Waals surface area contributed by atoms with Gasteiger partial charge in [-0.25, -0.2) is 0 Å². The molecule has 0 radical (unpaired) electrons. The highest BCUT2D eigenvalue weighted by Gasteiger charge is 2.36. The monoisotopic (exact) mass is 307 g/mol. The standard InChI is InChI=1S/C16H18ClNO3/c1-16(2)10-18(8-11(7-17)21-16)15(19)13-9-20-14-6-4-3-5-12(13)14/h3-6,9,11H,7-8,10H2,1-2H3. The van der Waals surface area contributed by atoms with Gasteiger partial charge in [0.05, 0.1) is 23.1 Å². The molecule has 1 atom stereocenters. The van der Waals surface area contributed by atoms with E-state index in [2.05, 4.69) is 0 Å². The molecule has 1 unspecified atom stereocenters. The smallest absolute Gasteiger partial charge is 0.257 e. The lowest BCUT2D eigenvalue weighted by molar-refractivity contribution is -0.117. The second kappa shape index (κ2) is 5.35. The number of alkyl halides is 1. The molecule has 1 amide bonds. The first kappa shape index (κ1) is 14.4. The molecule has 21 heavy (non-hydrogen) atoms. The number of ether oxygens (including phenoxy) is 1. The summed E-state index contributed by atoms with van der Waals surface area (Å²) < 4.78 is 11.3. The van der Waals surface area contributed by atoms with Crippen LogP contribution in [-0.4, -0.2) is 41.5 Å². The highest BCUT2D eigenvalue weighted by molar-refractivity contribution is 6.18. The number of carbonyl (C=O) groups is 1. The SMILES string of the molecule is CC1(C)CN(C(=O)c2coc3ccccc23)CC(CCl)O1. The predicted molar refractivity (Wildman–Crippen MR) is 81.8 cm³/mol. The van der Waals surface area contributed by atoms with Gasteiger partial charge >= 0.3 is 0 Å². The largest absolute Gasteiger partial charge is 0.463 e. The molecule has 2 heterocycles. The number of rotatable bonds is 2. The van der Waals surface area contributed by atoms with Crippen LogP contribution in [0, 0.1) is 0 Å². The van der Waals surface area contributed by atoms with E-state index in [1.54, 1.807) is 4.90 Å². The molecule has 0 bridgehead atoms.